The molecule has 0 atom stereocenters. The van der Waals surface area contributed by atoms with Crippen molar-refractivity contribution in [3.05, 3.63) is 101 Å². The molecule has 0 unspecified atom stereocenters. The third-order valence-electron chi connectivity index (χ3n) is 4.03. The van der Waals surface area contributed by atoms with Gasteiger partial charge in [-0.1, -0.05) is 36.4 Å². The Morgan fingerprint density at radius 1 is 0.778 bits per heavy atom. The molecule has 0 radical (unpaired) electrons. The molecule has 136 valence electrons. The van der Waals surface area contributed by atoms with Gasteiger partial charge in [0.05, 0.1) is 0 Å². The molecule has 0 saturated heterocycles. The molecule has 3 aromatic carbocycles. The van der Waals surface area contributed by atoms with Crippen LogP contribution in [0.3, 0.4) is 0 Å². The summed E-state index contributed by atoms with van der Waals surface area (Å²) in [6.45, 7) is 0.523. The van der Waals surface area contributed by atoms with Crippen LogP contribution in [0.2, 0.25) is 0 Å². The topological polar surface area (TPSA) is 58.2 Å². The van der Waals surface area contributed by atoms with Crippen LogP contribution in [0.1, 0.15) is 26.3 Å². The molecule has 2 amide bonds. The standard InChI is InChI=1S/C22H19FN2O2/c23-19-11-9-17(10-12-19)22(27)25-20-8-4-7-18(15-20)21(26)24-14-13-16-5-2-1-3-6-16/h1-12,15H,13-14H2,(H,24,26)(H,25,27). The Morgan fingerprint density at radius 3 is 2.26 bits per heavy atom. The Bertz CT molecular complexity index is 925. The summed E-state index contributed by atoms with van der Waals surface area (Å²) in [6, 6.07) is 21.9. The molecule has 0 heterocycles. The smallest absolute Gasteiger partial charge is 0.255 e. The van der Waals surface area contributed by atoms with E-state index in [-0.39, 0.29) is 11.8 Å². The van der Waals surface area contributed by atoms with E-state index in [4.69, 9.17) is 0 Å². The van der Waals surface area contributed by atoms with Crippen molar-refractivity contribution in [2.45, 2.75) is 6.42 Å². The number of carbonyl (C=O) groups excluding carboxylic acids is 2. The maximum absolute atomic E-state index is 13.0. The second-order valence-electron chi connectivity index (χ2n) is 6.03. The van der Waals surface area contributed by atoms with Crippen LogP contribution in [0.25, 0.3) is 0 Å². The summed E-state index contributed by atoms with van der Waals surface area (Å²) >= 11 is 0. The predicted octanol–water partition coefficient (Wildman–Crippen LogP) is 4.05. The van der Waals surface area contributed by atoms with Crippen molar-refractivity contribution in [1.29, 1.82) is 0 Å². The van der Waals surface area contributed by atoms with Gasteiger partial charge >= 0.3 is 0 Å². The summed E-state index contributed by atoms with van der Waals surface area (Å²) in [5.41, 5.74) is 2.45. The van der Waals surface area contributed by atoms with Gasteiger partial charge in [0.15, 0.2) is 0 Å². The first-order chi connectivity index (χ1) is 13.1. The molecule has 0 aliphatic rings. The largest absolute Gasteiger partial charge is 0.352 e. The Hall–Kier alpha value is -3.47. The average molecular weight is 362 g/mol. The normalized spacial score (nSPS) is 10.3. The summed E-state index contributed by atoms with van der Waals surface area (Å²) in [5, 5.41) is 5.59. The summed E-state index contributed by atoms with van der Waals surface area (Å²) < 4.78 is 13.0. The molecule has 0 fully saturated rings. The molecular weight excluding hydrogens is 343 g/mol. The van der Waals surface area contributed by atoms with E-state index in [9.17, 15) is 14.0 Å². The van der Waals surface area contributed by atoms with Gasteiger partial charge in [0, 0.05) is 23.4 Å². The van der Waals surface area contributed by atoms with Crippen LogP contribution in [0, 0.1) is 5.82 Å². The highest BCUT2D eigenvalue weighted by Gasteiger charge is 2.09. The SMILES string of the molecule is O=C(NCCc1ccccc1)c1cccc(NC(=O)c2ccc(F)cc2)c1. The van der Waals surface area contributed by atoms with Crippen molar-refractivity contribution in [3.8, 4) is 0 Å². The van der Waals surface area contributed by atoms with Gasteiger partial charge < -0.3 is 10.6 Å². The maximum Gasteiger partial charge on any atom is 0.255 e. The van der Waals surface area contributed by atoms with Gasteiger partial charge in [-0.2, -0.15) is 0 Å². The summed E-state index contributed by atoms with van der Waals surface area (Å²) in [4.78, 5) is 24.5. The molecule has 0 aromatic heterocycles. The number of carbonyl (C=O) groups is 2. The first-order valence-corrected chi connectivity index (χ1v) is 8.61. The molecule has 4 nitrogen and oxygen atoms in total. The Balaban J connectivity index is 1.58. The Kier molecular flexibility index (Phi) is 5.94. The fourth-order valence-corrected chi connectivity index (χ4v) is 2.61. The van der Waals surface area contributed by atoms with E-state index in [1.807, 2.05) is 30.3 Å². The van der Waals surface area contributed by atoms with Crippen molar-refractivity contribution in [1.82, 2.24) is 5.32 Å². The Morgan fingerprint density at radius 2 is 1.52 bits per heavy atom. The lowest BCUT2D eigenvalue weighted by atomic mass is 10.1. The maximum atomic E-state index is 13.0. The molecule has 0 aliphatic carbocycles. The number of amides is 2. The van der Waals surface area contributed by atoms with Gasteiger partial charge in [0.2, 0.25) is 0 Å². The molecule has 0 saturated carbocycles. The summed E-state index contributed by atoms with van der Waals surface area (Å²) in [5.74, 6) is -0.971. The molecule has 5 heteroatoms. The summed E-state index contributed by atoms with van der Waals surface area (Å²) in [7, 11) is 0. The van der Waals surface area contributed by atoms with E-state index >= 15 is 0 Å². The number of benzene rings is 3. The number of halogens is 1. The van der Waals surface area contributed by atoms with E-state index in [1.165, 1.54) is 24.3 Å². The summed E-state index contributed by atoms with van der Waals surface area (Å²) in [6.07, 6.45) is 0.744. The number of anilines is 1. The highest BCUT2D eigenvalue weighted by atomic mass is 19.1. The lowest BCUT2D eigenvalue weighted by Crippen LogP contribution is -2.25. The van der Waals surface area contributed by atoms with Gasteiger partial charge in [0.1, 0.15) is 5.82 Å². The van der Waals surface area contributed by atoms with Crippen LogP contribution in [-0.2, 0) is 6.42 Å². The lowest BCUT2D eigenvalue weighted by Gasteiger charge is -2.09. The number of rotatable bonds is 6. The highest BCUT2D eigenvalue weighted by Crippen LogP contribution is 2.13. The molecule has 3 aromatic rings. The second-order valence-corrected chi connectivity index (χ2v) is 6.03. The van der Waals surface area contributed by atoms with Gasteiger partial charge in [-0.25, -0.2) is 4.39 Å². The molecule has 3 rings (SSSR count). The minimum absolute atomic E-state index is 0.205. The molecular formula is C22H19FN2O2. The van der Waals surface area contributed by atoms with Crippen molar-refractivity contribution < 1.29 is 14.0 Å². The van der Waals surface area contributed by atoms with Crippen molar-refractivity contribution in [2.24, 2.45) is 0 Å². The fourth-order valence-electron chi connectivity index (χ4n) is 2.61. The molecule has 0 spiro atoms. The van der Waals surface area contributed by atoms with Crippen molar-refractivity contribution >= 4 is 17.5 Å². The first-order valence-electron chi connectivity index (χ1n) is 8.61. The molecule has 2 N–H and O–H groups in total. The van der Waals surface area contributed by atoms with Crippen molar-refractivity contribution in [2.75, 3.05) is 11.9 Å². The van der Waals surface area contributed by atoms with Crippen molar-refractivity contribution in [3.63, 3.8) is 0 Å². The van der Waals surface area contributed by atoms with E-state index in [0.29, 0.717) is 23.4 Å². The van der Waals surface area contributed by atoms with Crippen LogP contribution >= 0.6 is 0 Å². The quantitative estimate of drug-likeness (QED) is 0.695. The molecule has 0 bridgehead atoms. The minimum Gasteiger partial charge on any atom is -0.352 e. The number of hydrogen-bond donors (Lipinski definition) is 2. The molecule has 27 heavy (non-hydrogen) atoms. The molecule has 0 aliphatic heterocycles. The first kappa shape index (κ1) is 18.3. The monoisotopic (exact) mass is 362 g/mol. The van der Waals surface area contributed by atoms with E-state index in [2.05, 4.69) is 10.6 Å². The van der Waals surface area contributed by atoms with Gasteiger partial charge in [0.25, 0.3) is 11.8 Å². The van der Waals surface area contributed by atoms with E-state index < -0.39 is 5.82 Å². The van der Waals surface area contributed by atoms with Gasteiger partial charge in [-0.15, -0.1) is 0 Å². The van der Waals surface area contributed by atoms with Gasteiger partial charge in [-0.3, -0.25) is 9.59 Å². The number of hydrogen-bond acceptors (Lipinski definition) is 2. The van der Waals surface area contributed by atoms with Crippen LogP contribution in [0.15, 0.2) is 78.9 Å². The lowest BCUT2D eigenvalue weighted by molar-refractivity contribution is 0.0952. The third kappa shape index (κ3) is 5.25. The zero-order valence-electron chi connectivity index (χ0n) is 14.6. The van der Waals surface area contributed by atoms with Crippen LogP contribution in [0.4, 0.5) is 10.1 Å². The van der Waals surface area contributed by atoms with Gasteiger partial charge in [-0.05, 0) is 54.4 Å². The van der Waals surface area contributed by atoms with E-state index in [1.54, 1.807) is 24.3 Å². The average Bonchev–Trinajstić information content (AvgIpc) is 2.69. The van der Waals surface area contributed by atoms with E-state index in [0.717, 1.165) is 12.0 Å². The van der Waals surface area contributed by atoms with Crippen LogP contribution < -0.4 is 10.6 Å². The fraction of sp³-hybridized carbons (Fsp3) is 0.0909. The van der Waals surface area contributed by atoms with Crippen LogP contribution in [-0.4, -0.2) is 18.4 Å². The zero-order chi connectivity index (χ0) is 19.1. The predicted molar refractivity (Wildman–Crippen MR) is 103 cm³/mol. The second kappa shape index (κ2) is 8.76. The third-order valence-corrected chi connectivity index (χ3v) is 4.03. The zero-order valence-corrected chi connectivity index (χ0v) is 14.6. The number of nitrogens with one attached hydrogen (secondary N) is 2. The minimum atomic E-state index is -0.402. The Labute approximate surface area is 157 Å². The van der Waals surface area contributed by atoms with Crippen LogP contribution in [0.5, 0.6) is 0 Å². The highest BCUT2D eigenvalue weighted by molar-refractivity contribution is 6.05.